The number of ether oxygens (including phenoxy) is 1. The zero-order valence-electron chi connectivity index (χ0n) is 21.1. The van der Waals surface area contributed by atoms with Gasteiger partial charge < -0.3 is 4.74 Å². The van der Waals surface area contributed by atoms with Crippen LogP contribution in [-0.2, 0) is 24.5 Å². The molecule has 0 spiro atoms. The number of ketones is 1. The molecule has 0 aliphatic rings. The molecule has 190 valence electrons. The van der Waals surface area contributed by atoms with Gasteiger partial charge in [-0.25, -0.2) is 9.78 Å². The van der Waals surface area contributed by atoms with Gasteiger partial charge in [0.1, 0.15) is 0 Å². The molecule has 0 unspecified atom stereocenters. The van der Waals surface area contributed by atoms with Crippen LogP contribution >= 0.6 is 0 Å². The molecule has 7 nitrogen and oxygen atoms in total. The second kappa shape index (κ2) is 11.5. The molecule has 0 radical (unpaired) electrons. The van der Waals surface area contributed by atoms with Crippen LogP contribution in [0, 0.1) is 0 Å². The summed E-state index contributed by atoms with van der Waals surface area (Å²) in [5.41, 5.74) is 4.89. The minimum Gasteiger partial charge on any atom is -0.453 e. The molecule has 0 saturated heterocycles. The molecule has 1 amide bonds. The van der Waals surface area contributed by atoms with E-state index in [1.807, 2.05) is 65.2 Å². The van der Waals surface area contributed by atoms with E-state index in [0.29, 0.717) is 42.4 Å². The average Bonchev–Trinajstić information content (AvgIpc) is 3.29. The van der Waals surface area contributed by atoms with Crippen molar-refractivity contribution in [3.05, 3.63) is 131 Å². The second-order valence-electron chi connectivity index (χ2n) is 8.98. The highest BCUT2D eigenvalue weighted by Gasteiger charge is 2.19. The van der Waals surface area contributed by atoms with Crippen LogP contribution in [-0.4, -0.2) is 33.4 Å². The predicted octanol–water partition coefficient (Wildman–Crippen LogP) is 6.11. The molecule has 1 N–H and O–H groups in total. The summed E-state index contributed by atoms with van der Waals surface area (Å²) in [7, 11) is 1.32. The van der Waals surface area contributed by atoms with Gasteiger partial charge in [-0.1, -0.05) is 91.0 Å². The van der Waals surface area contributed by atoms with Crippen LogP contribution in [0.2, 0.25) is 0 Å². The summed E-state index contributed by atoms with van der Waals surface area (Å²) in [5.74, 6) is 0.265. The van der Waals surface area contributed by atoms with Gasteiger partial charge in [-0.05, 0) is 29.3 Å². The number of benzene rings is 4. The monoisotopic (exact) mass is 504 g/mol. The maximum absolute atomic E-state index is 13.1. The van der Waals surface area contributed by atoms with E-state index < -0.39 is 6.09 Å². The number of hydrogen-bond donors (Lipinski definition) is 1. The van der Waals surface area contributed by atoms with E-state index in [1.54, 1.807) is 24.3 Å². The summed E-state index contributed by atoms with van der Waals surface area (Å²) >= 11 is 0. The highest BCUT2D eigenvalue weighted by Crippen LogP contribution is 2.24. The topological polar surface area (TPSA) is 76.5 Å². The van der Waals surface area contributed by atoms with Gasteiger partial charge in [0.2, 0.25) is 5.95 Å². The van der Waals surface area contributed by atoms with Crippen LogP contribution in [0.4, 0.5) is 10.7 Å². The number of nitrogens with one attached hydrogen (secondary N) is 1. The molecule has 7 heteroatoms. The highest BCUT2D eigenvalue weighted by molar-refractivity contribution is 6.10. The Morgan fingerprint density at radius 2 is 1.37 bits per heavy atom. The first-order valence-corrected chi connectivity index (χ1v) is 12.4. The number of hydrogen-bond acceptors (Lipinski definition) is 5. The molecule has 0 atom stereocenters. The molecule has 38 heavy (non-hydrogen) atoms. The van der Waals surface area contributed by atoms with E-state index in [9.17, 15) is 9.59 Å². The second-order valence-corrected chi connectivity index (χ2v) is 8.98. The summed E-state index contributed by atoms with van der Waals surface area (Å²) < 4.78 is 6.79. The maximum Gasteiger partial charge on any atom is 0.413 e. The van der Waals surface area contributed by atoms with Crippen molar-refractivity contribution in [2.45, 2.75) is 19.8 Å². The number of carbonyl (C=O) groups is 2. The summed E-state index contributed by atoms with van der Waals surface area (Å²) in [6.07, 6.45) is -0.611. The maximum atomic E-state index is 13.1. The SMILES string of the molecule is COC(=O)Nc1nc2cc(C(=O)c3ccccc3)ccc2n1CN(Cc1ccccc1)Cc1ccccc1. The highest BCUT2D eigenvalue weighted by atomic mass is 16.5. The molecule has 0 aliphatic heterocycles. The first kappa shape index (κ1) is 24.9. The van der Waals surface area contributed by atoms with Gasteiger partial charge >= 0.3 is 6.09 Å². The van der Waals surface area contributed by atoms with E-state index in [2.05, 4.69) is 39.5 Å². The summed E-state index contributed by atoms with van der Waals surface area (Å²) in [4.78, 5) is 32.2. The number of anilines is 1. The molecule has 0 bridgehead atoms. The summed E-state index contributed by atoms with van der Waals surface area (Å²) in [6.45, 7) is 1.83. The van der Waals surface area contributed by atoms with E-state index in [4.69, 9.17) is 4.74 Å². The fourth-order valence-corrected chi connectivity index (χ4v) is 4.45. The molecular formula is C31H28N4O3. The number of imidazole rings is 1. The smallest absolute Gasteiger partial charge is 0.413 e. The van der Waals surface area contributed by atoms with E-state index in [1.165, 1.54) is 18.2 Å². The molecule has 5 aromatic rings. The number of aromatic nitrogens is 2. The number of fused-ring (bicyclic) bond motifs is 1. The molecule has 0 saturated carbocycles. The Kier molecular flexibility index (Phi) is 7.57. The lowest BCUT2D eigenvalue weighted by Gasteiger charge is -2.24. The Balaban J connectivity index is 1.52. The van der Waals surface area contributed by atoms with Gasteiger partial charge in [-0.3, -0.25) is 19.6 Å². The summed E-state index contributed by atoms with van der Waals surface area (Å²) in [6, 6.07) is 35.1. The lowest BCUT2D eigenvalue weighted by atomic mass is 10.0. The predicted molar refractivity (Wildman–Crippen MR) is 148 cm³/mol. The van der Waals surface area contributed by atoms with E-state index in [-0.39, 0.29) is 5.78 Å². The molecule has 1 aromatic heterocycles. The largest absolute Gasteiger partial charge is 0.453 e. The third-order valence-corrected chi connectivity index (χ3v) is 6.29. The Morgan fingerprint density at radius 3 is 1.95 bits per heavy atom. The van der Waals surface area contributed by atoms with Crippen molar-refractivity contribution in [1.29, 1.82) is 0 Å². The molecular weight excluding hydrogens is 476 g/mol. The number of methoxy groups -OCH3 is 1. The zero-order chi connectivity index (χ0) is 26.3. The van der Waals surface area contributed by atoms with Gasteiger partial charge in [-0.15, -0.1) is 0 Å². The standard InChI is InChI=1S/C31H28N4O3/c1-38-31(37)33-30-32-27-19-26(29(36)25-15-9-4-10-16-25)17-18-28(27)35(30)22-34(20-23-11-5-2-6-12-23)21-24-13-7-3-8-14-24/h2-19H,20-22H2,1H3,(H,32,33,37). The number of rotatable bonds is 9. The molecule has 0 fully saturated rings. The van der Waals surface area contributed by atoms with Crippen LogP contribution in [0.1, 0.15) is 27.0 Å². The van der Waals surface area contributed by atoms with Crippen LogP contribution in [0.5, 0.6) is 0 Å². The number of amides is 1. The van der Waals surface area contributed by atoms with Crippen molar-refractivity contribution in [1.82, 2.24) is 14.5 Å². The third kappa shape index (κ3) is 5.79. The van der Waals surface area contributed by atoms with Crippen LogP contribution in [0.25, 0.3) is 11.0 Å². The minimum absolute atomic E-state index is 0.0840. The van der Waals surface area contributed by atoms with Gasteiger partial charge in [0.05, 0.1) is 24.8 Å². The Hall–Kier alpha value is -4.75. The Morgan fingerprint density at radius 1 is 0.789 bits per heavy atom. The number of nitrogens with zero attached hydrogens (tertiary/aromatic N) is 3. The van der Waals surface area contributed by atoms with Crippen LogP contribution in [0.3, 0.4) is 0 Å². The van der Waals surface area contributed by atoms with E-state index >= 15 is 0 Å². The molecule has 5 rings (SSSR count). The third-order valence-electron chi connectivity index (χ3n) is 6.29. The van der Waals surface area contributed by atoms with Crippen molar-refractivity contribution in [3.63, 3.8) is 0 Å². The Bertz CT molecular complexity index is 1490. The normalized spacial score (nSPS) is 11.0. The first-order chi connectivity index (χ1) is 18.6. The van der Waals surface area contributed by atoms with Crippen molar-refractivity contribution in [2.75, 3.05) is 12.4 Å². The van der Waals surface area contributed by atoms with Gasteiger partial charge in [0.15, 0.2) is 5.78 Å². The van der Waals surface area contributed by atoms with Crippen molar-refractivity contribution >= 4 is 28.9 Å². The Labute approximate surface area is 221 Å². The van der Waals surface area contributed by atoms with Crippen LogP contribution < -0.4 is 5.32 Å². The quantitative estimate of drug-likeness (QED) is 0.245. The van der Waals surface area contributed by atoms with E-state index in [0.717, 1.165) is 5.52 Å². The van der Waals surface area contributed by atoms with Crippen molar-refractivity contribution < 1.29 is 14.3 Å². The zero-order valence-corrected chi connectivity index (χ0v) is 21.1. The van der Waals surface area contributed by atoms with Crippen LogP contribution in [0.15, 0.2) is 109 Å². The number of carbonyl (C=O) groups excluding carboxylic acids is 2. The van der Waals surface area contributed by atoms with Gasteiger partial charge in [0.25, 0.3) is 0 Å². The lowest BCUT2D eigenvalue weighted by molar-refractivity contribution is 0.103. The van der Waals surface area contributed by atoms with Gasteiger partial charge in [-0.2, -0.15) is 0 Å². The lowest BCUT2D eigenvalue weighted by Crippen LogP contribution is -2.27. The fourth-order valence-electron chi connectivity index (χ4n) is 4.45. The average molecular weight is 505 g/mol. The summed E-state index contributed by atoms with van der Waals surface area (Å²) in [5, 5.41) is 2.74. The molecule has 0 aliphatic carbocycles. The molecule has 1 heterocycles. The first-order valence-electron chi connectivity index (χ1n) is 12.4. The molecule has 4 aromatic carbocycles. The minimum atomic E-state index is -0.611. The fraction of sp³-hybridized carbons (Fsp3) is 0.129. The van der Waals surface area contributed by atoms with Crippen molar-refractivity contribution in [3.8, 4) is 0 Å². The van der Waals surface area contributed by atoms with Gasteiger partial charge in [0, 0.05) is 24.2 Å². The van der Waals surface area contributed by atoms with Crippen molar-refractivity contribution in [2.24, 2.45) is 0 Å².